The van der Waals surface area contributed by atoms with Gasteiger partial charge in [-0.05, 0) is 24.1 Å². The Morgan fingerprint density at radius 2 is 2.06 bits per heavy atom. The third-order valence-electron chi connectivity index (χ3n) is 2.95. The van der Waals surface area contributed by atoms with Crippen LogP contribution in [0.4, 0.5) is 0 Å². The number of hydrogen-bond donors (Lipinski definition) is 0. The molecule has 1 saturated heterocycles. The maximum atomic E-state index is 5.33. The van der Waals surface area contributed by atoms with Crippen molar-refractivity contribution in [3.63, 3.8) is 0 Å². The normalized spacial score (nSPS) is 16.3. The highest BCUT2D eigenvalue weighted by atomic mass is 35.5. The molecule has 1 aliphatic heterocycles. The molecular weight excluding hydrogens is 238 g/mol. The van der Waals surface area contributed by atoms with E-state index in [-0.39, 0.29) is 12.4 Å². The van der Waals surface area contributed by atoms with E-state index in [0.717, 1.165) is 45.0 Å². The van der Waals surface area contributed by atoms with Gasteiger partial charge in [0.2, 0.25) is 0 Å². The van der Waals surface area contributed by atoms with Gasteiger partial charge in [-0.3, -0.25) is 4.90 Å². The summed E-state index contributed by atoms with van der Waals surface area (Å²) in [4.78, 5) is 2.45. The summed E-state index contributed by atoms with van der Waals surface area (Å²) in [5.41, 5.74) is 1.34. The van der Waals surface area contributed by atoms with Crippen LogP contribution < -0.4 is 4.74 Å². The fourth-order valence-electron chi connectivity index (χ4n) is 1.94. The van der Waals surface area contributed by atoms with E-state index >= 15 is 0 Å². The Morgan fingerprint density at radius 3 is 2.76 bits per heavy atom. The molecule has 2 rings (SSSR count). The van der Waals surface area contributed by atoms with Crippen LogP contribution in [-0.4, -0.2) is 44.9 Å². The van der Waals surface area contributed by atoms with E-state index in [0.29, 0.717) is 0 Å². The van der Waals surface area contributed by atoms with Gasteiger partial charge in [-0.15, -0.1) is 12.4 Å². The molecule has 17 heavy (non-hydrogen) atoms. The molecule has 1 fully saturated rings. The number of ether oxygens (including phenoxy) is 2. The molecule has 0 unspecified atom stereocenters. The molecule has 0 bridgehead atoms. The first kappa shape index (κ1) is 14.3. The fourth-order valence-corrected chi connectivity index (χ4v) is 1.94. The highest BCUT2D eigenvalue weighted by Crippen LogP contribution is 2.13. The van der Waals surface area contributed by atoms with E-state index in [1.54, 1.807) is 7.11 Å². The van der Waals surface area contributed by atoms with E-state index in [2.05, 4.69) is 17.0 Å². The second-order valence-corrected chi connectivity index (χ2v) is 4.06. The number of nitrogens with zero attached hydrogens (tertiary/aromatic N) is 1. The summed E-state index contributed by atoms with van der Waals surface area (Å²) >= 11 is 0. The Hall–Kier alpha value is -0.770. The van der Waals surface area contributed by atoms with Gasteiger partial charge >= 0.3 is 0 Å². The number of benzene rings is 1. The minimum Gasteiger partial charge on any atom is -0.497 e. The second-order valence-electron chi connectivity index (χ2n) is 4.06. The molecule has 0 radical (unpaired) electrons. The molecule has 1 aromatic carbocycles. The van der Waals surface area contributed by atoms with E-state index in [9.17, 15) is 0 Å². The molecule has 4 heteroatoms. The lowest BCUT2D eigenvalue weighted by Crippen LogP contribution is -2.37. The minimum absolute atomic E-state index is 0. The minimum atomic E-state index is 0. The van der Waals surface area contributed by atoms with Crippen molar-refractivity contribution in [3.05, 3.63) is 29.8 Å². The molecule has 0 saturated carbocycles. The van der Waals surface area contributed by atoms with Crippen LogP contribution >= 0.6 is 12.4 Å². The van der Waals surface area contributed by atoms with Gasteiger partial charge in [0.1, 0.15) is 5.75 Å². The fraction of sp³-hybridized carbons (Fsp3) is 0.538. The van der Waals surface area contributed by atoms with Gasteiger partial charge in [0.15, 0.2) is 0 Å². The van der Waals surface area contributed by atoms with Gasteiger partial charge in [-0.2, -0.15) is 0 Å². The van der Waals surface area contributed by atoms with Crippen molar-refractivity contribution in [3.8, 4) is 5.75 Å². The lowest BCUT2D eigenvalue weighted by Gasteiger charge is -2.26. The standard InChI is InChI=1S/C13H19NO2.ClH/c1-15-13-4-2-3-12(11-13)5-6-14-7-9-16-10-8-14;/h2-4,11H,5-10H2,1H3;1H. The third kappa shape index (κ3) is 4.54. The maximum absolute atomic E-state index is 5.33. The molecule has 96 valence electrons. The number of halogens is 1. The van der Waals surface area contributed by atoms with Gasteiger partial charge in [0.05, 0.1) is 20.3 Å². The largest absolute Gasteiger partial charge is 0.497 e. The lowest BCUT2D eigenvalue weighted by molar-refractivity contribution is 0.0384. The molecule has 1 aliphatic rings. The van der Waals surface area contributed by atoms with Crippen molar-refractivity contribution >= 4 is 12.4 Å². The maximum Gasteiger partial charge on any atom is 0.119 e. The summed E-state index contributed by atoms with van der Waals surface area (Å²) in [5.74, 6) is 0.944. The smallest absolute Gasteiger partial charge is 0.119 e. The molecular formula is C13H20ClNO2. The predicted octanol–water partition coefficient (Wildman–Crippen LogP) is 1.99. The van der Waals surface area contributed by atoms with Gasteiger partial charge in [-0.25, -0.2) is 0 Å². The third-order valence-corrected chi connectivity index (χ3v) is 2.95. The summed E-state index contributed by atoms with van der Waals surface area (Å²) in [5, 5.41) is 0. The number of hydrogen-bond acceptors (Lipinski definition) is 3. The summed E-state index contributed by atoms with van der Waals surface area (Å²) in [6.45, 7) is 4.97. The van der Waals surface area contributed by atoms with Crippen LogP contribution in [0.25, 0.3) is 0 Å². The molecule has 1 aromatic rings. The highest BCUT2D eigenvalue weighted by molar-refractivity contribution is 5.85. The van der Waals surface area contributed by atoms with Crippen LogP contribution in [0.2, 0.25) is 0 Å². The van der Waals surface area contributed by atoms with Crippen molar-refractivity contribution in [2.45, 2.75) is 6.42 Å². The van der Waals surface area contributed by atoms with E-state index in [1.807, 2.05) is 12.1 Å². The summed E-state index contributed by atoms with van der Waals surface area (Å²) in [6.07, 6.45) is 1.08. The first-order valence-corrected chi connectivity index (χ1v) is 5.81. The average molecular weight is 258 g/mol. The Morgan fingerprint density at radius 1 is 1.29 bits per heavy atom. The first-order chi connectivity index (χ1) is 7.88. The van der Waals surface area contributed by atoms with E-state index in [4.69, 9.17) is 9.47 Å². The average Bonchev–Trinajstić information content (AvgIpc) is 2.38. The van der Waals surface area contributed by atoms with Crippen molar-refractivity contribution in [1.29, 1.82) is 0 Å². The molecule has 0 aromatic heterocycles. The first-order valence-electron chi connectivity index (χ1n) is 5.81. The highest BCUT2D eigenvalue weighted by Gasteiger charge is 2.09. The van der Waals surface area contributed by atoms with Crippen molar-refractivity contribution in [2.75, 3.05) is 40.0 Å². The van der Waals surface area contributed by atoms with Crippen LogP contribution in [0.1, 0.15) is 5.56 Å². The number of rotatable bonds is 4. The van der Waals surface area contributed by atoms with Gasteiger partial charge < -0.3 is 9.47 Å². The van der Waals surface area contributed by atoms with Crippen LogP contribution in [-0.2, 0) is 11.2 Å². The zero-order valence-corrected chi connectivity index (χ0v) is 11.0. The summed E-state index contributed by atoms with van der Waals surface area (Å²) in [6, 6.07) is 8.30. The van der Waals surface area contributed by atoms with Crippen molar-refractivity contribution in [2.24, 2.45) is 0 Å². The molecule has 0 spiro atoms. The topological polar surface area (TPSA) is 21.7 Å². The zero-order chi connectivity index (χ0) is 11.2. The van der Waals surface area contributed by atoms with Crippen molar-refractivity contribution in [1.82, 2.24) is 4.90 Å². The summed E-state index contributed by atoms with van der Waals surface area (Å²) < 4.78 is 10.5. The van der Waals surface area contributed by atoms with E-state index < -0.39 is 0 Å². The molecule has 3 nitrogen and oxygen atoms in total. The Labute approximate surface area is 109 Å². The quantitative estimate of drug-likeness (QED) is 0.824. The molecule has 1 heterocycles. The molecule has 0 amide bonds. The number of methoxy groups -OCH3 is 1. The van der Waals surface area contributed by atoms with Crippen LogP contribution in [0.3, 0.4) is 0 Å². The second kappa shape index (κ2) is 7.54. The molecule has 0 atom stereocenters. The number of morpholine rings is 1. The van der Waals surface area contributed by atoms with Crippen LogP contribution in [0, 0.1) is 0 Å². The van der Waals surface area contributed by atoms with Gasteiger partial charge in [0, 0.05) is 19.6 Å². The molecule has 0 N–H and O–H groups in total. The van der Waals surface area contributed by atoms with Crippen LogP contribution in [0.5, 0.6) is 5.75 Å². The van der Waals surface area contributed by atoms with E-state index in [1.165, 1.54) is 5.56 Å². The van der Waals surface area contributed by atoms with Gasteiger partial charge in [0.25, 0.3) is 0 Å². The Balaban J connectivity index is 0.00000144. The monoisotopic (exact) mass is 257 g/mol. The van der Waals surface area contributed by atoms with Gasteiger partial charge in [-0.1, -0.05) is 12.1 Å². The van der Waals surface area contributed by atoms with Crippen molar-refractivity contribution < 1.29 is 9.47 Å². The summed E-state index contributed by atoms with van der Waals surface area (Å²) in [7, 11) is 1.71. The zero-order valence-electron chi connectivity index (χ0n) is 10.2. The predicted molar refractivity (Wildman–Crippen MR) is 71.2 cm³/mol. The van der Waals surface area contributed by atoms with Crippen LogP contribution in [0.15, 0.2) is 24.3 Å². The lowest BCUT2D eigenvalue weighted by atomic mass is 10.1. The Kier molecular flexibility index (Phi) is 6.34. The Bertz CT molecular complexity index is 327. The SMILES string of the molecule is COc1cccc(CCN2CCOCC2)c1.Cl. The molecule has 0 aliphatic carbocycles.